The molecular weight excluding hydrogens is 1090 g/mol. The van der Waals surface area contributed by atoms with Crippen molar-refractivity contribution in [2.45, 2.75) is 318 Å². The normalized spacial score (nSPS) is 12.6. The Morgan fingerprint density at radius 3 is 1.05 bits per heavy atom. The van der Waals surface area contributed by atoms with Crippen LogP contribution < -0.4 is 16.4 Å². The number of rotatable bonds is 63. The smallest absolute Gasteiger partial charge is 0.305 e. The summed E-state index contributed by atoms with van der Waals surface area (Å²) in [5.74, 6) is -0.264. The number of phosphoric ester groups is 1. The van der Waals surface area contributed by atoms with Gasteiger partial charge in [-0.05, 0) is 85.0 Å². The maximum Gasteiger partial charge on any atom is 0.305 e. The Hall–Kier alpha value is -1.27. The van der Waals surface area contributed by atoms with Crippen molar-refractivity contribution in [3.8, 4) is 0 Å². The van der Waals surface area contributed by atoms with E-state index in [0.717, 1.165) is 90.2 Å². The highest BCUT2D eigenvalue weighted by Gasteiger charge is 2.17. The molecule has 0 aliphatic rings. The van der Waals surface area contributed by atoms with Crippen LogP contribution in [-0.4, -0.2) is 140 Å². The number of ether oxygens (including phenoxy) is 6. The second-order valence-corrected chi connectivity index (χ2v) is 23.7. The Labute approximate surface area is 519 Å². The summed E-state index contributed by atoms with van der Waals surface area (Å²) in [7, 11) is -4.38. The fourth-order valence-electron chi connectivity index (χ4n) is 9.00. The minimum absolute atomic E-state index is 0.00159. The van der Waals surface area contributed by atoms with Crippen LogP contribution in [0.3, 0.4) is 0 Å². The minimum atomic E-state index is -4.38. The van der Waals surface area contributed by atoms with Crippen LogP contribution in [0, 0.1) is 0 Å². The number of carbonyl (C=O) groups excluding carboxylic acids is 2. The van der Waals surface area contributed by atoms with Crippen molar-refractivity contribution >= 4 is 19.8 Å². The van der Waals surface area contributed by atoms with Gasteiger partial charge in [0.15, 0.2) is 0 Å². The maximum atomic E-state index is 11.9. The third kappa shape index (κ3) is 78.7. The Morgan fingerprint density at radius 1 is 0.440 bits per heavy atom. The second kappa shape index (κ2) is 77.8. The summed E-state index contributed by atoms with van der Waals surface area (Å²) in [6.07, 6.45) is 45.9. The summed E-state index contributed by atoms with van der Waals surface area (Å²) in [6, 6.07) is 0. The van der Waals surface area contributed by atoms with Gasteiger partial charge < -0.3 is 63.8 Å². The van der Waals surface area contributed by atoms with Crippen LogP contribution in [0.15, 0.2) is 0 Å². The summed E-state index contributed by atoms with van der Waals surface area (Å²) >= 11 is 0. The number of carbonyl (C=O) groups is 2. The highest BCUT2D eigenvalue weighted by atomic mass is 31.2. The molecule has 0 fully saturated rings. The van der Waals surface area contributed by atoms with E-state index in [2.05, 4.69) is 52.2 Å². The third-order valence-corrected chi connectivity index (χ3v) is 15.4. The van der Waals surface area contributed by atoms with E-state index in [1.165, 1.54) is 180 Å². The number of nitrogens with two attached hydrogens (primary N) is 1. The molecule has 0 aliphatic carbocycles. The van der Waals surface area contributed by atoms with Crippen molar-refractivity contribution in [1.82, 2.24) is 4.90 Å². The highest BCUT2D eigenvalue weighted by Crippen LogP contribution is 2.38. The lowest BCUT2D eigenvalue weighted by molar-refractivity contribution is -0.373. The number of esters is 2. The van der Waals surface area contributed by atoms with Gasteiger partial charge in [0.05, 0.1) is 46.2 Å². The van der Waals surface area contributed by atoms with Crippen LogP contribution >= 0.6 is 7.82 Å². The summed E-state index contributed by atoms with van der Waals surface area (Å²) in [6.45, 7) is 25.5. The molecule has 0 rings (SSSR count). The molecule has 0 saturated heterocycles. The summed E-state index contributed by atoms with van der Waals surface area (Å²) in [4.78, 5) is 36.9. The van der Waals surface area contributed by atoms with Crippen molar-refractivity contribution in [2.24, 2.45) is 5.73 Å². The van der Waals surface area contributed by atoms with E-state index in [-0.39, 0.29) is 44.5 Å². The molecule has 0 aromatic heterocycles. The minimum Gasteiger partial charge on any atom is -0.756 e. The Morgan fingerprint density at radius 2 is 0.750 bits per heavy atom. The zero-order chi connectivity index (χ0) is 62.9. The van der Waals surface area contributed by atoms with Crippen molar-refractivity contribution in [2.75, 3.05) is 105 Å². The van der Waals surface area contributed by atoms with Crippen LogP contribution in [0.4, 0.5) is 0 Å². The van der Waals surface area contributed by atoms with Gasteiger partial charge in [-0.25, -0.2) is 0 Å². The molecule has 0 aromatic rings. The predicted molar refractivity (Wildman–Crippen MR) is 348 cm³/mol. The fraction of sp³-hybridized carbons (Fsp3) is 0.970. The Balaban J connectivity index is -0.000000652. The molecule has 0 aromatic carbocycles. The molecule has 17 heteroatoms. The number of aliphatic hydroxyl groups excluding tert-OH is 1. The first-order chi connectivity index (χ1) is 40.9. The second-order valence-electron chi connectivity index (χ2n) is 22.3. The lowest BCUT2D eigenvalue weighted by Crippen LogP contribution is -2.52. The first-order valence-corrected chi connectivity index (χ1v) is 36.5. The van der Waals surface area contributed by atoms with Crippen LogP contribution in [0.25, 0.3) is 0 Å². The molecule has 84 heavy (non-hydrogen) atoms. The lowest BCUT2D eigenvalue weighted by Gasteiger charge is -2.25. The van der Waals surface area contributed by atoms with Crippen LogP contribution in [0.2, 0.25) is 0 Å². The molecule has 3 atom stereocenters. The fourth-order valence-corrected chi connectivity index (χ4v) is 9.78. The Bertz CT molecular complexity index is 1280. The zero-order valence-electron chi connectivity index (χ0n) is 56.6. The Kier molecular flexibility index (Phi) is 82.6. The van der Waals surface area contributed by atoms with Crippen molar-refractivity contribution < 1.29 is 67.4 Å². The summed E-state index contributed by atoms with van der Waals surface area (Å²) in [5.41, 5.74) is 8.60. The van der Waals surface area contributed by atoms with Gasteiger partial charge >= 0.3 is 11.9 Å². The predicted octanol–water partition coefficient (Wildman–Crippen LogP) is 15.2. The largest absolute Gasteiger partial charge is 0.756 e. The van der Waals surface area contributed by atoms with E-state index in [9.17, 15) is 24.2 Å². The van der Waals surface area contributed by atoms with E-state index >= 15 is 0 Å². The number of aliphatic hydroxyl groups is 1. The first kappa shape index (κ1) is 89.2. The zero-order valence-corrected chi connectivity index (χ0v) is 57.5. The molecule has 0 amide bonds. The number of phosphoric acid groups is 1. The van der Waals surface area contributed by atoms with Crippen LogP contribution in [0.1, 0.15) is 306 Å². The number of unbranched alkanes of at least 4 members (excludes halogenated alkanes) is 32. The van der Waals surface area contributed by atoms with Crippen LogP contribution in [-0.2, 0) is 51.6 Å². The van der Waals surface area contributed by atoms with Gasteiger partial charge in [0.2, 0.25) is 0 Å². The number of hydrogen-bond acceptors (Lipinski definition) is 15. The number of quaternary nitrogens is 1. The van der Waals surface area contributed by atoms with E-state index in [0.29, 0.717) is 59.0 Å². The quantitative estimate of drug-likeness (QED) is 0.0292. The number of nitrogens with zero attached hydrogens (tertiary/aromatic N) is 1. The van der Waals surface area contributed by atoms with Crippen LogP contribution in [0.5, 0.6) is 0 Å². The van der Waals surface area contributed by atoms with E-state index in [1.54, 1.807) is 6.92 Å². The maximum absolute atomic E-state index is 11.9. The molecule has 0 heterocycles. The topological polar surface area (TPSA) is 225 Å². The standard InChI is InChI=1S/C30H62NO8P.C28H56O5.C6H15N.C3H9N/c1-3-5-6-7-8-9-10-11-12-13-14-15-17-20-24-35-27-29(28-39-40(33,34)38-26-23-31)37-25-21-18-16-19-22-30(32)36-4-2;1-3-5-6-7-8-9-10-11-12-13-14-15-17-20-23-31-26-27(25-29)33-24-21-18-16-19-22-28(30)32-4-2;1-4-7(5-2)6-3;1-2-3-4/h29H,3-28,31H2,1-2H3,(H,33,34);27,29H,3-26H2,1-2H3;4-6H2,1-3H3;2-4H2,1H3. The van der Waals surface area contributed by atoms with Crippen molar-refractivity contribution in [1.29, 1.82) is 0 Å². The third-order valence-electron chi connectivity index (χ3n) is 14.4. The molecular formula is C67H142N3O13P. The van der Waals surface area contributed by atoms with E-state index < -0.39 is 13.9 Å². The van der Waals surface area contributed by atoms with E-state index in [1.807, 2.05) is 6.92 Å². The summed E-state index contributed by atoms with van der Waals surface area (Å²) in [5, 5.41) is 9.45. The molecule has 0 aliphatic heterocycles. The SMILES string of the molecule is CCCCCCCCCCCCCCCCOCC(CO)OCCCCCCC(=O)OCC.CCCCCCCCCCCCCCCCOCC(COP(=O)([O-])OCC[NH3+])OCCCCCCC(=O)OCC.CCCN.CCN(CC)CC. The van der Waals surface area contributed by atoms with Gasteiger partial charge in [-0.3, -0.25) is 14.2 Å². The van der Waals surface area contributed by atoms with Gasteiger partial charge in [0.1, 0.15) is 18.8 Å². The van der Waals surface area contributed by atoms with Gasteiger partial charge in [0, 0.05) is 39.3 Å². The average molecular weight is 1230 g/mol. The molecule has 0 bridgehead atoms. The molecule has 3 unspecified atom stereocenters. The molecule has 508 valence electrons. The van der Waals surface area contributed by atoms with Gasteiger partial charge in [-0.15, -0.1) is 0 Å². The first-order valence-electron chi connectivity index (χ1n) is 35.1. The lowest BCUT2D eigenvalue weighted by atomic mass is 10.0. The molecule has 16 nitrogen and oxygen atoms in total. The van der Waals surface area contributed by atoms with Gasteiger partial charge in [-0.1, -0.05) is 234 Å². The summed E-state index contributed by atoms with van der Waals surface area (Å²) < 4.78 is 54.6. The van der Waals surface area contributed by atoms with Crippen molar-refractivity contribution in [3.05, 3.63) is 0 Å². The number of hydrogen-bond donors (Lipinski definition) is 3. The molecule has 6 N–H and O–H groups in total. The molecule has 0 saturated carbocycles. The van der Waals surface area contributed by atoms with Gasteiger partial charge in [-0.2, -0.15) is 0 Å². The van der Waals surface area contributed by atoms with Crippen molar-refractivity contribution in [3.63, 3.8) is 0 Å². The molecule has 0 spiro atoms. The highest BCUT2D eigenvalue weighted by molar-refractivity contribution is 7.45. The molecule has 0 radical (unpaired) electrons. The van der Waals surface area contributed by atoms with Gasteiger partial charge in [0.25, 0.3) is 7.82 Å². The monoisotopic (exact) mass is 1230 g/mol. The van der Waals surface area contributed by atoms with E-state index in [4.69, 9.17) is 43.2 Å². The average Bonchev–Trinajstić information content (AvgIpc) is 3.50.